The van der Waals surface area contributed by atoms with Crippen molar-refractivity contribution in [1.82, 2.24) is 10.2 Å². The second-order valence-corrected chi connectivity index (χ2v) is 4.99. The highest BCUT2D eigenvalue weighted by Crippen LogP contribution is 2.28. The Hall–Kier alpha value is -1.00. The first-order valence-electron chi connectivity index (χ1n) is 6.13. The van der Waals surface area contributed by atoms with Crippen LogP contribution in [0.25, 0.3) is 0 Å². The number of likely N-dealkylation sites (tertiary alicyclic amines) is 1. The molecule has 0 aliphatic carbocycles. The van der Waals surface area contributed by atoms with Crippen LogP contribution in [-0.4, -0.2) is 30.6 Å². The normalized spacial score (nSPS) is 28.6. The van der Waals surface area contributed by atoms with Crippen molar-refractivity contribution in [3.05, 3.63) is 35.4 Å². The Morgan fingerprint density at radius 1 is 1.24 bits per heavy atom. The van der Waals surface area contributed by atoms with Crippen molar-refractivity contribution in [3.8, 4) is 0 Å². The van der Waals surface area contributed by atoms with Crippen LogP contribution in [-0.2, 0) is 6.54 Å². The van der Waals surface area contributed by atoms with Gasteiger partial charge in [-0.15, -0.1) is 0 Å². The van der Waals surface area contributed by atoms with E-state index >= 15 is 0 Å². The molecule has 1 N–H and O–H groups in total. The van der Waals surface area contributed by atoms with Crippen molar-refractivity contribution >= 4 is 0 Å². The quantitative estimate of drug-likeness (QED) is 0.844. The Kier molecular flexibility index (Phi) is 2.84. The fourth-order valence-corrected chi connectivity index (χ4v) is 3.01. The SMILES string of the molecule is Fc1ccc(CN2CC[C@H]3CNC[C@H]32)cc1F. The first kappa shape index (κ1) is 11.1. The van der Waals surface area contributed by atoms with Crippen molar-refractivity contribution in [2.75, 3.05) is 19.6 Å². The molecule has 2 saturated heterocycles. The maximum atomic E-state index is 13.1. The maximum Gasteiger partial charge on any atom is 0.159 e. The highest BCUT2D eigenvalue weighted by molar-refractivity contribution is 5.18. The van der Waals surface area contributed by atoms with Gasteiger partial charge in [0.25, 0.3) is 0 Å². The van der Waals surface area contributed by atoms with Gasteiger partial charge < -0.3 is 5.32 Å². The summed E-state index contributed by atoms with van der Waals surface area (Å²) in [4.78, 5) is 2.37. The summed E-state index contributed by atoms with van der Waals surface area (Å²) in [6, 6.07) is 4.77. The van der Waals surface area contributed by atoms with Crippen molar-refractivity contribution < 1.29 is 8.78 Å². The number of rotatable bonds is 2. The molecule has 2 aliphatic heterocycles. The van der Waals surface area contributed by atoms with Gasteiger partial charge in [0.05, 0.1) is 0 Å². The molecular weight excluding hydrogens is 222 g/mol. The molecule has 3 rings (SSSR count). The molecule has 0 aromatic heterocycles. The van der Waals surface area contributed by atoms with Crippen LogP contribution in [0, 0.1) is 17.6 Å². The number of fused-ring (bicyclic) bond motifs is 1. The Morgan fingerprint density at radius 2 is 2.12 bits per heavy atom. The highest BCUT2D eigenvalue weighted by atomic mass is 19.2. The summed E-state index contributed by atoms with van der Waals surface area (Å²) < 4.78 is 25.9. The Labute approximate surface area is 99.6 Å². The number of hydrogen-bond acceptors (Lipinski definition) is 2. The van der Waals surface area contributed by atoms with E-state index in [4.69, 9.17) is 0 Å². The van der Waals surface area contributed by atoms with Gasteiger partial charge in [0, 0.05) is 19.1 Å². The standard InChI is InChI=1S/C13H16F2N2/c14-11-2-1-9(5-12(11)15)8-17-4-3-10-6-16-7-13(10)17/h1-2,5,10,13,16H,3-4,6-8H2/t10-,13+/m0/s1. The molecule has 1 aromatic rings. The molecule has 0 unspecified atom stereocenters. The molecule has 1 aromatic carbocycles. The molecule has 2 heterocycles. The second kappa shape index (κ2) is 4.35. The largest absolute Gasteiger partial charge is 0.315 e. The average Bonchev–Trinajstić information content (AvgIpc) is 2.88. The van der Waals surface area contributed by atoms with Crippen LogP contribution in [0.3, 0.4) is 0 Å². The first-order valence-corrected chi connectivity index (χ1v) is 6.13. The zero-order chi connectivity index (χ0) is 11.8. The zero-order valence-electron chi connectivity index (χ0n) is 9.63. The molecule has 0 amide bonds. The minimum atomic E-state index is -0.768. The topological polar surface area (TPSA) is 15.3 Å². The van der Waals surface area contributed by atoms with Gasteiger partial charge >= 0.3 is 0 Å². The van der Waals surface area contributed by atoms with Gasteiger partial charge in [0.1, 0.15) is 0 Å². The molecule has 0 saturated carbocycles. The lowest BCUT2D eigenvalue weighted by Gasteiger charge is -2.23. The monoisotopic (exact) mass is 238 g/mol. The summed E-state index contributed by atoms with van der Waals surface area (Å²) in [5.74, 6) is -0.779. The third-order valence-corrected chi connectivity index (χ3v) is 3.93. The lowest BCUT2D eigenvalue weighted by molar-refractivity contribution is 0.243. The van der Waals surface area contributed by atoms with Crippen LogP contribution >= 0.6 is 0 Å². The molecule has 17 heavy (non-hydrogen) atoms. The Balaban J connectivity index is 1.72. The highest BCUT2D eigenvalue weighted by Gasteiger charge is 2.37. The minimum absolute atomic E-state index is 0.572. The van der Waals surface area contributed by atoms with E-state index < -0.39 is 11.6 Å². The molecule has 4 heteroatoms. The van der Waals surface area contributed by atoms with Crippen LogP contribution < -0.4 is 5.32 Å². The number of hydrogen-bond donors (Lipinski definition) is 1. The molecule has 2 fully saturated rings. The lowest BCUT2D eigenvalue weighted by Crippen LogP contribution is -2.33. The van der Waals surface area contributed by atoms with E-state index in [-0.39, 0.29) is 0 Å². The molecule has 92 valence electrons. The van der Waals surface area contributed by atoms with Crippen molar-refractivity contribution in [3.63, 3.8) is 0 Å². The second-order valence-electron chi connectivity index (χ2n) is 4.99. The first-order chi connectivity index (χ1) is 8.24. The van der Waals surface area contributed by atoms with Gasteiger partial charge in [0.2, 0.25) is 0 Å². The smallest absolute Gasteiger partial charge is 0.159 e. The molecule has 2 aliphatic rings. The molecule has 2 nitrogen and oxygen atoms in total. The van der Waals surface area contributed by atoms with Crippen molar-refractivity contribution in [1.29, 1.82) is 0 Å². The van der Waals surface area contributed by atoms with E-state index in [0.29, 0.717) is 6.04 Å². The maximum absolute atomic E-state index is 13.1. The number of halogens is 2. The van der Waals surface area contributed by atoms with Crippen molar-refractivity contribution in [2.45, 2.75) is 19.0 Å². The van der Waals surface area contributed by atoms with E-state index in [1.54, 1.807) is 6.07 Å². The number of nitrogens with zero attached hydrogens (tertiary/aromatic N) is 1. The summed E-state index contributed by atoms with van der Waals surface area (Å²) in [7, 11) is 0. The lowest BCUT2D eigenvalue weighted by atomic mass is 10.0. The van der Waals surface area contributed by atoms with Crippen LogP contribution in [0.2, 0.25) is 0 Å². The van der Waals surface area contributed by atoms with Gasteiger partial charge in [-0.2, -0.15) is 0 Å². The molecule has 2 atom stereocenters. The Morgan fingerprint density at radius 3 is 2.94 bits per heavy atom. The van der Waals surface area contributed by atoms with Crippen LogP contribution in [0.1, 0.15) is 12.0 Å². The molecule has 0 bridgehead atoms. The molecule has 0 radical (unpaired) electrons. The summed E-state index contributed by atoms with van der Waals surface area (Å²) in [6.07, 6.45) is 1.21. The average molecular weight is 238 g/mol. The summed E-state index contributed by atoms with van der Waals surface area (Å²) in [5.41, 5.74) is 0.858. The van der Waals surface area contributed by atoms with Gasteiger partial charge in [-0.05, 0) is 43.1 Å². The summed E-state index contributed by atoms with van der Waals surface area (Å²) in [6.45, 7) is 3.91. The van der Waals surface area contributed by atoms with E-state index in [9.17, 15) is 8.78 Å². The Bertz CT molecular complexity index is 422. The van der Waals surface area contributed by atoms with E-state index in [0.717, 1.165) is 37.7 Å². The van der Waals surface area contributed by atoms with Gasteiger partial charge in [0.15, 0.2) is 11.6 Å². The van der Waals surface area contributed by atoms with E-state index in [1.165, 1.54) is 18.6 Å². The predicted octanol–water partition coefficient (Wildman–Crippen LogP) is 1.76. The van der Waals surface area contributed by atoms with Crippen LogP contribution in [0.15, 0.2) is 18.2 Å². The fraction of sp³-hybridized carbons (Fsp3) is 0.538. The third kappa shape index (κ3) is 2.07. The third-order valence-electron chi connectivity index (χ3n) is 3.93. The van der Waals surface area contributed by atoms with Crippen molar-refractivity contribution in [2.24, 2.45) is 5.92 Å². The zero-order valence-corrected chi connectivity index (χ0v) is 9.63. The summed E-state index contributed by atoms with van der Waals surface area (Å²) in [5, 5.41) is 3.38. The molecule has 0 spiro atoms. The van der Waals surface area contributed by atoms with Crippen LogP contribution in [0.5, 0.6) is 0 Å². The predicted molar refractivity (Wildman–Crippen MR) is 61.5 cm³/mol. The van der Waals surface area contributed by atoms with Gasteiger partial charge in [-0.3, -0.25) is 4.90 Å². The summed E-state index contributed by atoms with van der Waals surface area (Å²) >= 11 is 0. The number of benzene rings is 1. The minimum Gasteiger partial charge on any atom is -0.315 e. The fourth-order valence-electron chi connectivity index (χ4n) is 3.01. The van der Waals surface area contributed by atoms with E-state index in [1.807, 2.05) is 0 Å². The molecular formula is C13H16F2N2. The van der Waals surface area contributed by atoms with E-state index in [2.05, 4.69) is 10.2 Å². The van der Waals surface area contributed by atoms with Gasteiger partial charge in [-0.25, -0.2) is 8.78 Å². The number of nitrogens with one attached hydrogen (secondary N) is 1. The van der Waals surface area contributed by atoms with Gasteiger partial charge in [-0.1, -0.05) is 6.07 Å². The van der Waals surface area contributed by atoms with Crippen LogP contribution in [0.4, 0.5) is 8.78 Å².